The molecule has 0 saturated carbocycles. The Bertz CT molecular complexity index is 405. The second kappa shape index (κ2) is 4.30. The summed E-state index contributed by atoms with van der Waals surface area (Å²) < 4.78 is 10.8. The van der Waals surface area contributed by atoms with Crippen molar-refractivity contribution < 1.29 is 19.4 Å². The number of benzene rings is 1. The molecule has 1 unspecified atom stereocenters. The van der Waals surface area contributed by atoms with Crippen LogP contribution in [0.1, 0.15) is 6.92 Å². The molecule has 0 radical (unpaired) electrons. The smallest absolute Gasteiger partial charge is 0.325 e. The highest BCUT2D eigenvalue weighted by atomic mass is 16.6. The fourth-order valence-electron chi connectivity index (χ4n) is 1.44. The van der Waals surface area contributed by atoms with Gasteiger partial charge in [0.15, 0.2) is 11.5 Å². The van der Waals surface area contributed by atoms with Crippen molar-refractivity contribution in [2.75, 3.05) is 18.5 Å². The number of ether oxygens (including phenoxy) is 2. The Morgan fingerprint density at radius 3 is 2.75 bits per heavy atom. The van der Waals surface area contributed by atoms with Gasteiger partial charge in [-0.05, 0) is 19.1 Å². The van der Waals surface area contributed by atoms with E-state index in [0.29, 0.717) is 30.4 Å². The van der Waals surface area contributed by atoms with E-state index >= 15 is 0 Å². The van der Waals surface area contributed by atoms with Gasteiger partial charge in [0.25, 0.3) is 0 Å². The third-order valence-corrected chi connectivity index (χ3v) is 2.30. The minimum atomic E-state index is -0.894. The van der Waals surface area contributed by atoms with Gasteiger partial charge in [-0.1, -0.05) is 0 Å². The molecule has 0 bridgehead atoms. The van der Waals surface area contributed by atoms with E-state index in [2.05, 4.69) is 5.32 Å². The highest BCUT2D eigenvalue weighted by Crippen LogP contribution is 2.32. The van der Waals surface area contributed by atoms with Crippen molar-refractivity contribution >= 4 is 11.7 Å². The lowest BCUT2D eigenvalue weighted by Gasteiger charge is -2.19. The molecule has 0 fully saturated rings. The lowest BCUT2D eigenvalue weighted by molar-refractivity contribution is -0.137. The molecule has 1 atom stereocenters. The summed E-state index contributed by atoms with van der Waals surface area (Å²) in [6.07, 6.45) is 0. The lowest BCUT2D eigenvalue weighted by Crippen LogP contribution is -2.25. The largest absolute Gasteiger partial charge is 0.486 e. The van der Waals surface area contributed by atoms with Crippen molar-refractivity contribution in [2.45, 2.75) is 13.0 Å². The van der Waals surface area contributed by atoms with Crippen molar-refractivity contribution in [3.63, 3.8) is 0 Å². The van der Waals surface area contributed by atoms with E-state index in [1.54, 1.807) is 25.1 Å². The minimum absolute atomic E-state index is 0.519. The molecule has 0 spiro atoms. The maximum atomic E-state index is 10.7. The van der Waals surface area contributed by atoms with Gasteiger partial charge in [0, 0.05) is 11.8 Å². The van der Waals surface area contributed by atoms with E-state index < -0.39 is 12.0 Å². The Kier molecular flexibility index (Phi) is 2.85. The number of anilines is 1. The van der Waals surface area contributed by atoms with Crippen LogP contribution in [0, 0.1) is 0 Å². The second-order valence-electron chi connectivity index (χ2n) is 3.56. The normalized spacial score (nSPS) is 15.3. The van der Waals surface area contributed by atoms with Crippen LogP contribution in [-0.4, -0.2) is 30.3 Å². The van der Waals surface area contributed by atoms with E-state index in [9.17, 15) is 4.79 Å². The zero-order chi connectivity index (χ0) is 11.5. The van der Waals surface area contributed by atoms with E-state index in [1.807, 2.05) is 0 Å². The zero-order valence-electron chi connectivity index (χ0n) is 8.90. The molecular weight excluding hydrogens is 210 g/mol. The van der Waals surface area contributed by atoms with Crippen molar-refractivity contribution in [1.29, 1.82) is 0 Å². The maximum Gasteiger partial charge on any atom is 0.325 e. The molecule has 2 N–H and O–H groups in total. The van der Waals surface area contributed by atoms with Gasteiger partial charge in [0.05, 0.1) is 0 Å². The number of carbonyl (C=O) groups is 1. The summed E-state index contributed by atoms with van der Waals surface area (Å²) in [6, 6.07) is 4.65. The van der Waals surface area contributed by atoms with Gasteiger partial charge in [-0.2, -0.15) is 0 Å². The molecule has 2 rings (SSSR count). The van der Waals surface area contributed by atoms with Crippen LogP contribution < -0.4 is 14.8 Å². The van der Waals surface area contributed by atoms with Crippen molar-refractivity contribution in [3.05, 3.63) is 18.2 Å². The maximum absolute atomic E-state index is 10.7. The fourth-order valence-corrected chi connectivity index (χ4v) is 1.44. The highest BCUT2D eigenvalue weighted by molar-refractivity contribution is 5.77. The third-order valence-electron chi connectivity index (χ3n) is 2.30. The molecule has 1 aliphatic rings. The first-order chi connectivity index (χ1) is 7.66. The SMILES string of the molecule is CC(Nc1ccc2c(c1)OCCO2)C(=O)O. The molecule has 1 aromatic carbocycles. The highest BCUT2D eigenvalue weighted by Gasteiger charge is 2.14. The number of nitrogens with one attached hydrogen (secondary N) is 1. The third kappa shape index (κ3) is 2.18. The van der Waals surface area contributed by atoms with Crippen LogP contribution in [0.4, 0.5) is 5.69 Å². The Morgan fingerprint density at radius 2 is 2.06 bits per heavy atom. The summed E-state index contributed by atoms with van der Waals surface area (Å²) in [6.45, 7) is 2.65. The van der Waals surface area contributed by atoms with E-state index in [4.69, 9.17) is 14.6 Å². The standard InChI is InChI=1S/C11H13NO4/c1-7(11(13)14)12-8-2-3-9-10(6-8)16-5-4-15-9/h2-3,6-7,12H,4-5H2,1H3,(H,13,14). The first-order valence-electron chi connectivity index (χ1n) is 5.06. The Hall–Kier alpha value is -1.91. The van der Waals surface area contributed by atoms with Gasteiger partial charge in [-0.25, -0.2) is 0 Å². The summed E-state index contributed by atoms with van der Waals surface area (Å²) in [5.74, 6) is 0.448. The van der Waals surface area contributed by atoms with Crippen molar-refractivity contribution in [1.82, 2.24) is 0 Å². The molecule has 5 nitrogen and oxygen atoms in total. The molecule has 0 saturated heterocycles. The Balaban J connectivity index is 2.14. The van der Waals surface area contributed by atoms with E-state index in [1.165, 1.54) is 0 Å². The molecule has 5 heteroatoms. The van der Waals surface area contributed by atoms with Crippen molar-refractivity contribution in [3.8, 4) is 11.5 Å². The first-order valence-corrected chi connectivity index (χ1v) is 5.06. The number of fused-ring (bicyclic) bond motifs is 1. The molecule has 1 aromatic rings. The van der Waals surface area contributed by atoms with Crippen molar-refractivity contribution in [2.24, 2.45) is 0 Å². The predicted octanol–water partition coefficient (Wildman–Crippen LogP) is 1.34. The van der Waals surface area contributed by atoms with Gasteiger partial charge < -0.3 is 19.9 Å². The molecule has 0 aliphatic carbocycles. The topological polar surface area (TPSA) is 67.8 Å². The van der Waals surface area contributed by atoms with Crippen LogP contribution in [0.5, 0.6) is 11.5 Å². The average Bonchev–Trinajstić information content (AvgIpc) is 2.28. The Labute approximate surface area is 93.0 Å². The molecule has 0 amide bonds. The summed E-state index contributed by atoms with van der Waals surface area (Å²) in [5, 5.41) is 11.6. The van der Waals surface area contributed by atoms with Crippen LogP contribution >= 0.6 is 0 Å². The lowest BCUT2D eigenvalue weighted by atomic mass is 10.2. The van der Waals surface area contributed by atoms with Gasteiger partial charge in [0.2, 0.25) is 0 Å². The second-order valence-corrected chi connectivity index (χ2v) is 3.56. The van der Waals surface area contributed by atoms with Crippen LogP contribution in [0.25, 0.3) is 0 Å². The Morgan fingerprint density at radius 1 is 1.38 bits per heavy atom. The zero-order valence-corrected chi connectivity index (χ0v) is 8.90. The molecular formula is C11H13NO4. The quantitative estimate of drug-likeness (QED) is 0.809. The minimum Gasteiger partial charge on any atom is -0.486 e. The van der Waals surface area contributed by atoms with Gasteiger partial charge in [0.1, 0.15) is 19.3 Å². The molecule has 1 heterocycles. The number of carboxylic acids is 1. The monoisotopic (exact) mass is 223 g/mol. The summed E-state index contributed by atoms with van der Waals surface area (Å²) in [5.41, 5.74) is 0.708. The van der Waals surface area contributed by atoms with Crippen LogP contribution in [0.2, 0.25) is 0 Å². The van der Waals surface area contributed by atoms with Gasteiger partial charge in [-0.15, -0.1) is 0 Å². The summed E-state index contributed by atoms with van der Waals surface area (Å²) in [4.78, 5) is 10.7. The predicted molar refractivity (Wildman–Crippen MR) is 58.2 cm³/mol. The van der Waals surface area contributed by atoms with E-state index in [-0.39, 0.29) is 0 Å². The number of aliphatic carboxylic acids is 1. The summed E-state index contributed by atoms with van der Waals surface area (Å²) in [7, 11) is 0. The number of hydrogen-bond acceptors (Lipinski definition) is 4. The summed E-state index contributed by atoms with van der Waals surface area (Å²) >= 11 is 0. The van der Waals surface area contributed by atoms with Gasteiger partial charge >= 0.3 is 5.97 Å². The number of rotatable bonds is 3. The molecule has 1 aliphatic heterocycles. The first kappa shape index (κ1) is 10.6. The van der Waals surface area contributed by atoms with Crippen LogP contribution in [0.15, 0.2) is 18.2 Å². The number of carboxylic acid groups (broad SMARTS) is 1. The van der Waals surface area contributed by atoms with E-state index in [0.717, 1.165) is 0 Å². The molecule has 86 valence electrons. The average molecular weight is 223 g/mol. The molecule has 0 aromatic heterocycles. The van der Waals surface area contributed by atoms with Crippen LogP contribution in [-0.2, 0) is 4.79 Å². The number of hydrogen-bond donors (Lipinski definition) is 2. The van der Waals surface area contributed by atoms with Gasteiger partial charge in [-0.3, -0.25) is 4.79 Å². The molecule has 16 heavy (non-hydrogen) atoms. The van der Waals surface area contributed by atoms with Crippen LogP contribution in [0.3, 0.4) is 0 Å². The fraction of sp³-hybridized carbons (Fsp3) is 0.364.